The zero-order chi connectivity index (χ0) is 14.3. The lowest BCUT2D eigenvalue weighted by atomic mass is 10.0. The van der Waals surface area contributed by atoms with E-state index in [9.17, 15) is 4.39 Å². The maximum Gasteiger partial charge on any atom is 0.138 e. The van der Waals surface area contributed by atoms with Crippen LogP contribution in [0.2, 0.25) is 0 Å². The second-order valence-corrected chi connectivity index (χ2v) is 6.00. The Labute approximate surface area is 125 Å². The van der Waals surface area contributed by atoms with Crippen LogP contribution in [0.5, 0.6) is 0 Å². The van der Waals surface area contributed by atoms with Crippen molar-refractivity contribution in [2.45, 2.75) is 18.9 Å². The summed E-state index contributed by atoms with van der Waals surface area (Å²) in [6.45, 7) is 1.64. The number of benzene rings is 1. The van der Waals surface area contributed by atoms with Gasteiger partial charge in [0.05, 0.1) is 5.39 Å². The lowest BCUT2D eigenvalue weighted by molar-refractivity contribution is 0.499. The standard InChI is InChI=1S/C14H16BrFN4/c15-9-7-19-14(20-5-3-8(17)4-6-20)13-11(18)2-1-10(16)12(9)13/h1-2,7-8H,3-6,17-18H2. The van der Waals surface area contributed by atoms with Crippen LogP contribution in [0, 0.1) is 5.82 Å². The average molecular weight is 339 g/mol. The molecule has 2 aromatic rings. The van der Waals surface area contributed by atoms with Gasteiger partial charge in [0, 0.05) is 40.9 Å². The lowest BCUT2D eigenvalue weighted by Gasteiger charge is -2.32. The molecule has 2 heterocycles. The van der Waals surface area contributed by atoms with E-state index in [1.165, 1.54) is 6.07 Å². The summed E-state index contributed by atoms with van der Waals surface area (Å²) in [5.41, 5.74) is 12.5. The average Bonchev–Trinajstić information content (AvgIpc) is 2.44. The van der Waals surface area contributed by atoms with Gasteiger partial charge in [-0.2, -0.15) is 0 Å². The zero-order valence-corrected chi connectivity index (χ0v) is 12.5. The molecule has 4 nitrogen and oxygen atoms in total. The highest BCUT2D eigenvalue weighted by Gasteiger charge is 2.21. The molecule has 0 atom stereocenters. The van der Waals surface area contributed by atoms with Gasteiger partial charge in [-0.05, 0) is 40.9 Å². The van der Waals surface area contributed by atoms with Crippen LogP contribution >= 0.6 is 15.9 Å². The molecule has 0 radical (unpaired) electrons. The number of pyridine rings is 1. The summed E-state index contributed by atoms with van der Waals surface area (Å²) in [5, 5.41) is 1.17. The Bertz CT molecular complexity index is 645. The van der Waals surface area contributed by atoms with Crippen LogP contribution < -0.4 is 16.4 Å². The van der Waals surface area contributed by atoms with Crippen molar-refractivity contribution in [2.24, 2.45) is 5.73 Å². The quantitative estimate of drug-likeness (QED) is 0.784. The van der Waals surface area contributed by atoms with Crippen LogP contribution in [-0.2, 0) is 0 Å². The van der Waals surface area contributed by atoms with Gasteiger partial charge >= 0.3 is 0 Å². The fraction of sp³-hybridized carbons (Fsp3) is 0.357. The van der Waals surface area contributed by atoms with Crippen molar-refractivity contribution in [3.8, 4) is 0 Å². The number of halogens is 2. The smallest absolute Gasteiger partial charge is 0.138 e. The van der Waals surface area contributed by atoms with E-state index in [1.807, 2.05) is 0 Å². The number of rotatable bonds is 1. The molecule has 0 saturated carbocycles. The van der Waals surface area contributed by atoms with Gasteiger partial charge in [-0.1, -0.05) is 0 Å². The highest BCUT2D eigenvalue weighted by atomic mass is 79.9. The van der Waals surface area contributed by atoms with Crippen molar-refractivity contribution in [1.29, 1.82) is 0 Å². The summed E-state index contributed by atoms with van der Waals surface area (Å²) < 4.78 is 14.7. The van der Waals surface area contributed by atoms with Crippen molar-refractivity contribution in [3.05, 3.63) is 28.6 Å². The Morgan fingerprint density at radius 1 is 1.25 bits per heavy atom. The maximum atomic E-state index is 14.1. The van der Waals surface area contributed by atoms with Crippen molar-refractivity contribution >= 4 is 38.2 Å². The third-order valence-corrected chi connectivity index (χ3v) is 4.39. The van der Waals surface area contributed by atoms with Crippen LogP contribution in [-0.4, -0.2) is 24.1 Å². The Kier molecular flexibility index (Phi) is 3.52. The minimum atomic E-state index is -0.293. The molecule has 1 saturated heterocycles. The van der Waals surface area contributed by atoms with Crippen LogP contribution in [0.4, 0.5) is 15.9 Å². The molecule has 6 heteroatoms. The maximum absolute atomic E-state index is 14.1. The number of nitrogens with zero attached hydrogens (tertiary/aromatic N) is 2. The van der Waals surface area contributed by atoms with Crippen molar-refractivity contribution in [1.82, 2.24) is 4.98 Å². The van der Waals surface area contributed by atoms with Gasteiger partial charge in [0.1, 0.15) is 11.6 Å². The van der Waals surface area contributed by atoms with Crippen molar-refractivity contribution in [3.63, 3.8) is 0 Å². The van der Waals surface area contributed by atoms with E-state index in [-0.39, 0.29) is 11.9 Å². The van der Waals surface area contributed by atoms with Crippen molar-refractivity contribution < 1.29 is 4.39 Å². The third kappa shape index (κ3) is 2.23. The summed E-state index contributed by atoms with van der Waals surface area (Å²) >= 11 is 3.35. The Balaban J connectivity index is 2.17. The molecule has 20 heavy (non-hydrogen) atoms. The molecule has 106 valence electrons. The molecule has 0 spiro atoms. The molecule has 1 fully saturated rings. The molecule has 1 aromatic carbocycles. The predicted octanol–water partition coefficient (Wildman–Crippen LogP) is 2.65. The second-order valence-electron chi connectivity index (χ2n) is 5.14. The van der Waals surface area contributed by atoms with E-state index in [4.69, 9.17) is 11.5 Å². The van der Waals surface area contributed by atoms with Crippen LogP contribution in [0.1, 0.15) is 12.8 Å². The van der Waals surface area contributed by atoms with Gasteiger partial charge in [-0.3, -0.25) is 0 Å². The van der Waals surface area contributed by atoms with Gasteiger partial charge in [-0.15, -0.1) is 0 Å². The normalized spacial score (nSPS) is 16.9. The minimum Gasteiger partial charge on any atom is -0.398 e. The first-order valence-electron chi connectivity index (χ1n) is 6.60. The summed E-state index contributed by atoms with van der Waals surface area (Å²) in [5.74, 6) is 0.450. The Morgan fingerprint density at radius 2 is 1.95 bits per heavy atom. The topological polar surface area (TPSA) is 68.2 Å². The van der Waals surface area contributed by atoms with Crippen LogP contribution in [0.3, 0.4) is 0 Å². The zero-order valence-electron chi connectivity index (χ0n) is 10.9. The summed E-state index contributed by atoms with van der Waals surface area (Å²) in [6, 6.07) is 3.21. The first-order valence-corrected chi connectivity index (χ1v) is 7.40. The monoisotopic (exact) mass is 338 g/mol. The van der Waals surface area contributed by atoms with E-state index in [2.05, 4.69) is 25.8 Å². The number of piperidine rings is 1. The Morgan fingerprint density at radius 3 is 2.65 bits per heavy atom. The predicted molar refractivity (Wildman–Crippen MR) is 83.2 cm³/mol. The fourth-order valence-corrected chi connectivity index (χ4v) is 3.16. The number of fused-ring (bicyclic) bond motifs is 1. The molecule has 0 bridgehead atoms. The number of hydrogen-bond acceptors (Lipinski definition) is 4. The molecule has 0 aliphatic carbocycles. The van der Waals surface area contributed by atoms with Crippen LogP contribution in [0.15, 0.2) is 22.8 Å². The summed E-state index contributed by atoms with van der Waals surface area (Å²) in [4.78, 5) is 6.58. The van der Waals surface area contributed by atoms with Gasteiger partial charge < -0.3 is 16.4 Å². The molecule has 1 aromatic heterocycles. The molecule has 1 aliphatic heterocycles. The lowest BCUT2D eigenvalue weighted by Crippen LogP contribution is -2.40. The number of nitrogen functional groups attached to an aromatic ring is 1. The first kappa shape index (κ1) is 13.6. The van der Waals surface area contributed by atoms with Gasteiger partial charge in [0.2, 0.25) is 0 Å². The van der Waals surface area contributed by atoms with Crippen molar-refractivity contribution in [2.75, 3.05) is 23.7 Å². The molecule has 1 aliphatic rings. The number of hydrogen-bond donors (Lipinski definition) is 2. The molecular formula is C14H16BrFN4. The molecule has 0 unspecified atom stereocenters. The number of aromatic nitrogens is 1. The fourth-order valence-electron chi connectivity index (χ4n) is 2.67. The summed E-state index contributed by atoms with van der Waals surface area (Å²) in [7, 11) is 0. The van der Waals surface area contributed by atoms with E-state index in [0.29, 0.717) is 20.9 Å². The minimum absolute atomic E-state index is 0.238. The largest absolute Gasteiger partial charge is 0.398 e. The van der Waals surface area contributed by atoms with Crippen LogP contribution in [0.25, 0.3) is 10.8 Å². The highest BCUT2D eigenvalue weighted by Crippen LogP contribution is 2.36. The van der Waals surface area contributed by atoms with Gasteiger partial charge in [-0.25, -0.2) is 9.37 Å². The van der Waals surface area contributed by atoms with E-state index in [0.717, 1.165) is 31.7 Å². The Hall–Kier alpha value is -1.40. The second kappa shape index (κ2) is 5.18. The molecule has 4 N–H and O–H groups in total. The number of nitrogens with two attached hydrogens (primary N) is 2. The molecule has 3 rings (SSSR count). The van der Waals surface area contributed by atoms with Gasteiger partial charge in [0.15, 0.2) is 0 Å². The first-order chi connectivity index (χ1) is 9.58. The summed E-state index contributed by atoms with van der Waals surface area (Å²) in [6.07, 6.45) is 3.46. The van der Waals surface area contributed by atoms with E-state index in [1.54, 1.807) is 12.3 Å². The molecular weight excluding hydrogens is 323 g/mol. The SMILES string of the molecule is Nc1ccc(F)c2c(Br)cnc(N3CCC(N)CC3)c12. The van der Waals surface area contributed by atoms with Gasteiger partial charge in [0.25, 0.3) is 0 Å². The number of anilines is 2. The highest BCUT2D eigenvalue weighted by molar-refractivity contribution is 9.10. The third-order valence-electron chi connectivity index (χ3n) is 3.79. The van der Waals surface area contributed by atoms with E-state index < -0.39 is 0 Å². The molecule has 0 amide bonds. The van der Waals surface area contributed by atoms with E-state index >= 15 is 0 Å².